The predicted molar refractivity (Wildman–Crippen MR) is 83.4 cm³/mol. The second-order valence-electron chi connectivity index (χ2n) is 5.00. The van der Waals surface area contributed by atoms with Gasteiger partial charge in [-0.25, -0.2) is 9.97 Å². The van der Waals surface area contributed by atoms with Crippen molar-refractivity contribution >= 4 is 28.6 Å². The lowest BCUT2D eigenvalue weighted by molar-refractivity contribution is 1.08. The van der Waals surface area contributed by atoms with E-state index in [1.54, 1.807) is 0 Å². The Morgan fingerprint density at radius 3 is 2.60 bits per heavy atom. The molecule has 0 saturated heterocycles. The number of anilines is 1. The highest BCUT2D eigenvalue weighted by Crippen LogP contribution is 2.28. The molecule has 0 amide bonds. The number of rotatable bonds is 2. The van der Waals surface area contributed by atoms with E-state index < -0.39 is 0 Å². The normalized spacial score (nSPS) is 11.0. The molecule has 1 N–H and O–H groups in total. The molecule has 0 fully saturated rings. The largest absolute Gasteiger partial charge is 0.363 e. The first-order chi connectivity index (χ1) is 9.54. The van der Waals surface area contributed by atoms with Gasteiger partial charge in [0.15, 0.2) is 5.65 Å². The van der Waals surface area contributed by atoms with E-state index in [2.05, 4.69) is 15.0 Å². The number of aromatic amines is 1. The Balaban J connectivity index is 2.13. The first-order valence-corrected chi connectivity index (χ1v) is 6.73. The number of nitrogens with one attached hydrogen (secondary N) is 1. The van der Waals surface area contributed by atoms with E-state index in [0.717, 1.165) is 28.3 Å². The number of fused-ring (bicyclic) bond motifs is 1. The lowest BCUT2D eigenvalue weighted by Crippen LogP contribution is -2.10. The Hall–Kier alpha value is -2.07. The smallest absolute Gasteiger partial charge is 0.180 e. The monoisotopic (exact) mass is 286 g/mol. The predicted octanol–water partition coefficient (Wildman–Crippen LogP) is 3.65. The van der Waals surface area contributed by atoms with Crippen LogP contribution >= 0.6 is 11.6 Å². The number of imidazole rings is 1. The summed E-state index contributed by atoms with van der Waals surface area (Å²) in [6.45, 7) is 2.01. The SMILES string of the molecule is Cc1ccc(-c2nc3nc(N(C)C)ccc3[nH]2)c(Cl)c1. The summed E-state index contributed by atoms with van der Waals surface area (Å²) >= 11 is 6.28. The molecular formula is C15H15ClN4. The summed E-state index contributed by atoms with van der Waals surface area (Å²) in [5, 5.41) is 0.692. The van der Waals surface area contributed by atoms with Crippen molar-refractivity contribution in [2.75, 3.05) is 19.0 Å². The number of aromatic nitrogens is 3. The minimum absolute atomic E-state index is 0.692. The van der Waals surface area contributed by atoms with Crippen LogP contribution in [0.4, 0.5) is 5.82 Å². The topological polar surface area (TPSA) is 44.8 Å². The number of H-pyrrole nitrogens is 1. The van der Waals surface area contributed by atoms with Crippen LogP contribution in [0.25, 0.3) is 22.6 Å². The Bertz CT molecular complexity index is 777. The van der Waals surface area contributed by atoms with Gasteiger partial charge in [-0.2, -0.15) is 0 Å². The molecule has 0 aliphatic heterocycles. The van der Waals surface area contributed by atoms with Crippen LogP contribution in [-0.2, 0) is 0 Å². The Labute approximate surface area is 122 Å². The second kappa shape index (κ2) is 4.80. The Morgan fingerprint density at radius 2 is 1.90 bits per heavy atom. The minimum atomic E-state index is 0.692. The highest BCUT2D eigenvalue weighted by molar-refractivity contribution is 6.33. The van der Waals surface area contributed by atoms with Crippen molar-refractivity contribution in [2.45, 2.75) is 6.92 Å². The molecule has 20 heavy (non-hydrogen) atoms. The summed E-state index contributed by atoms with van der Waals surface area (Å²) in [4.78, 5) is 14.3. The third-order valence-corrected chi connectivity index (χ3v) is 3.48. The van der Waals surface area contributed by atoms with Gasteiger partial charge in [0.05, 0.1) is 10.5 Å². The van der Waals surface area contributed by atoms with Gasteiger partial charge in [-0.15, -0.1) is 0 Å². The zero-order chi connectivity index (χ0) is 14.3. The van der Waals surface area contributed by atoms with Gasteiger partial charge in [0, 0.05) is 19.7 Å². The molecule has 0 saturated carbocycles. The highest BCUT2D eigenvalue weighted by atomic mass is 35.5. The first kappa shape index (κ1) is 12.9. The standard InChI is InChI=1S/C15H15ClN4/c1-9-4-5-10(11(16)8-9)14-17-12-6-7-13(20(2)3)18-15(12)19-14/h4-8H,1-3H3,(H,17,18,19). The number of aryl methyl sites for hydroxylation is 1. The van der Waals surface area contributed by atoms with Gasteiger partial charge in [0.25, 0.3) is 0 Å². The van der Waals surface area contributed by atoms with E-state index in [1.165, 1.54) is 0 Å². The lowest BCUT2D eigenvalue weighted by Gasteiger charge is -2.09. The van der Waals surface area contributed by atoms with E-state index in [-0.39, 0.29) is 0 Å². The Kier molecular flexibility index (Phi) is 3.10. The van der Waals surface area contributed by atoms with Crippen molar-refractivity contribution in [3.63, 3.8) is 0 Å². The van der Waals surface area contributed by atoms with Gasteiger partial charge >= 0.3 is 0 Å². The molecule has 0 radical (unpaired) electrons. The van der Waals surface area contributed by atoms with E-state index in [1.807, 2.05) is 56.3 Å². The average molecular weight is 287 g/mol. The summed E-state index contributed by atoms with van der Waals surface area (Å²) < 4.78 is 0. The molecule has 5 heteroatoms. The molecule has 0 aliphatic carbocycles. The van der Waals surface area contributed by atoms with Crippen LogP contribution < -0.4 is 4.90 Å². The molecule has 1 aromatic carbocycles. The Morgan fingerprint density at radius 1 is 1.10 bits per heavy atom. The molecular weight excluding hydrogens is 272 g/mol. The van der Waals surface area contributed by atoms with Gasteiger partial charge in [0.1, 0.15) is 11.6 Å². The third kappa shape index (κ3) is 2.23. The first-order valence-electron chi connectivity index (χ1n) is 6.35. The van der Waals surface area contributed by atoms with E-state index >= 15 is 0 Å². The number of pyridine rings is 1. The van der Waals surface area contributed by atoms with Gasteiger partial charge in [-0.05, 0) is 36.8 Å². The summed E-state index contributed by atoms with van der Waals surface area (Å²) in [6, 6.07) is 9.87. The number of nitrogens with zero attached hydrogens (tertiary/aromatic N) is 3. The minimum Gasteiger partial charge on any atom is -0.363 e. The maximum absolute atomic E-state index is 6.28. The summed E-state index contributed by atoms with van der Waals surface area (Å²) in [5.41, 5.74) is 3.62. The molecule has 102 valence electrons. The highest BCUT2D eigenvalue weighted by Gasteiger charge is 2.10. The van der Waals surface area contributed by atoms with Crippen LogP contribution in [-0.4, -0.2) is 29.0 Å². The van der Waals surface area contributed by atoms with Crippen molar-refractivity contribution in [3.8, 4) is 11.4 Å². The molecule has 0 aliphatic rings. The van der Waals surface area contributed by atoms with Crippen LogP contribution in [0.15, 0.2) is 30.3 Å². The quantitative estimate of drug-likeness (QED) is 0.782. The van der Waals surface area contributed by atoms with Crippen molar-refractivity contribution in [2.24, 2.45) is 0 Å². The molecule has 2 heterocycles. The van der Waals surface area contributed by atoms with E-state index in [9.17, 15) is 0 Å². The van der Waals surface area contributed by atoms with Gasteiger partial charge < -0.3 is 9.88 Å². The van der Waals surface area contributed by atoms with E-state index in [4.69, 9.17) is 11.6 Å². The fraction of sp³-hybridized carbons (Fsp3) is 0.200. The van der Waals surface area contributed by atoms with Gasteiger partial charge in [0.2, 0.25) is 0 Å². The average Bonchev–Trinajstić information content (AvgIpc) is 2.80. The van der Waals surface area contributed by atoms with Crippen molar-refractivity contribution in [1.82, 2.24) is 15.0 Å². The number of halogens is 1. The lowest BCUT2D eigenvalue weighted by atomic mass is 10.1. The summed E-state index contributed by atoms with van der Waals surface area (Å²) in [5.74, 6) is 1.62. The summed E-state index contributed by atoms with van der Waals surface area (Å²) in [7, 11) is 3.91. The second-order valence-corrected chi connectivity index (χ2v) is 5.41. The van der Waals surface area contributed by atoms with Crippen molar-refractivity contribution in [3.05, 3.63) is 40.9 Å². The zero-order valence-corrected chi connectivity index (χ0v) is 12.4. The molecule has 0 atom stereocenters. The third-order valence-electron chi connectivity index (χ3n) is 3.17. The van der Waals surface area contributed by atoms with Crippen LogP contribution in [0.1, 0.15) is 5.56 Å². The van der Waals surface area contributed by atoms with Crippen LogP contribution in [0.5, 0.6) is 0 Å². The summed E-state index contributed by atoms with van der Waals surface area (Å²) in [6.07, 6.45) is 0. The zero-order valence-electron chi connectivity index (χ0n) is 11.6. The molecule has 3 rings (SSSR count). The molecule has 0 bridgehead atoms. The fourth-order valence-corrected chi connectivity index (χ4v) is 2.40. The van der Waals surface area contributed by atoms with Crippen molar-refractivity contribution in [1.29, 1.82) is 0 Å². The van der Waals surface area contributed by atoms with Crippen molar-refractivity contribution < 1.29 is 0 Å². The molecule has 2 aromatic heterocycles. The maximum Gasteiger partial charge on any atom is 0.180 e. The van der Waals surface area contributed by atoms with Crippen LogP contribution in [0.3, 0.4) is 0 Å². The van der Waals surface area contributed by atoms with Gasteiger partial charge in [-0.1, -0.05) is 17.7 Å². The maximum atomic E-state index is 6.28. The number of benzene rings is 1. The van der Waals surface area contributed by atoms with Crippen LogP contribution in [0, 0.1) is 6.92 Å². The van der Waals surface area contributed by atoms with E-state index in [0.29, 0.717) is 10.7 Å². The molecule has 0 unspecified atom stereocenters. The molecule has 0 spiro atoms. The number of hydrogen-bond acceptors (Lipinski definition) is 3. The molecule has 3 aromatic rings. The number of hydrogen-bond donors (Lipinski definition) is 1. The fourth-order valence-electron chi connectivity index (χ4n) is 2.07. The van der Waals surface area contributed by atoms with Crippen LogP contribution in [0.2, 0.25) is 5.02 Å². The van der Waals surface area contributed by atoms with Gasteiger partial charge in [-0.3, -0.25) is 0 Å². The molecule has 4 nitrogen and oxygen atoms in total.